The summed E-state index contributed by atoms with van der Waals surface area (Å²) in [6, 6.07) is 16.3. The van der Waals surface area contributed by atoms with Crippen LogP contribution >= 0.6 is 0 Å². The fraction of sp³-hybridized carbons (Fsp3) is 0.120. The molecule has 4 rings (SSSR count). The topological polar surface area (TPSA) is 71.3 Å². The molecule has 33 heavy (non-hydrogen) atoms. The zero-order chi connectivity index (χ0) is 23.6. The lowest BCUT2D eigenvalue weighted by Crippen LogP contribution is -2.16. The van der Waals surface area contributed by atoms with Crippen LogP contribution in [0.3, 0.4) is 0 Å². The number of amides is 2. The predicted octanol–water partition coefficient (Wildman–Crippen LogP) is 6.19. The van der Waals surface area contributed by atoms with Crippen LogP contribution in [-0.2, 0) is 17.4 Å². The monoisotopic (exact) mass is 452 g/mol. The number of fused-ring (bicyclic) bond motifs is 1. The van der Waals surface area contributed by atoms with E-state index in [1.165, 1.54) is 24.3 Å². The Hall–Kier alpha value is -4.07. The highest BCUT2D eigenvalue weighted by atomic mass is 19.4. The number of anilines is 2. The Balaban J connectivity index is 1.44. The van der Waals surface area contributed by atoms with Gasteiger partial charge in [0.25, 0.3) is 5.91 Å². The summed E-state index contributed by atoms with van der Waals surface area (Å²) in [6.07, 6.45) is -2.89. The smallest absolute Gasteiger partial charge is 0.416 e. The molecule has 0 fully saturated rings. The van der Waals surface area contributed by atoms with Crippen LogP contribution in [0.5, 0.6) is 0 Å². The van der Waals surface area contributed by atoms with E-state index in [2.05, 4.69) is 10.6 Å². The van der Waals surface area contributed by atoms with Crippen LogP contribution in [0.15, 0.2) is 77.4 Å². The molecular weight excluding hydrogens is 433 g/mol. The van der Waals surface area contributed by atoms with E-state index in [9.17, 15) is 22.8 Å². The third-order valence-electron chi connectivity index (χ3n) is 5.02. The molecule has 0 saturated carbocycles. The number of rotatable bonds is 5. The number of carbonyl (C=O) groups excluding carboxylic acids is 2. The fourth-order valence-corrected chi connectivity index (χ4v) is 3.42. The Labute approximate surface area is 187 Å². The zero-order valence-electron chi connectivity index (χ0n) is 17.5. The van der Waals surface area contributed by atoms with Crippen molar-refractivity contribution in [3.05, 3.63) is 95.2 Å². The van der Waals surface area contributed by atoms with E-state index in [0.29, 0.717) is 11.3 Å². The number of halogens is 3. The molecule has 4 aromatic rings. The van der Waals surface area contributed by atoms with E-state index >= 15 is 0 Å². The highest BCUT2D eigenvalue weighted by Gasteiger charge is 2.30. The zero-order valence-corrected chi connectivity index (χ0v) is 17.5. The normalized spacial score (nSPS) is 11.4. The van der Waals surface area contributed by atoms with Gasteiger partial charge in [0.15, 0.2) is 0 Å². The number of aryl methyl sites for hydroxylation is 1. The molecule has 0 radical (unpaired) electrons. The Morgan fingerprint density at radius 1 is 0.909 bits per heavy atom. The minimum atomic E-state index is -4.51. The van der Waals surface area contributed by atoms with Crippen molar-refractivity contribution < 1.29 is 27.2 Å². The van der Waals surface area contributed by atoms with Gasteiger partial charge in [-0.1, -0.05) is 24.3 Å². The molecule has 8 heteroatoms. The summed E-state index contributed by atoms with van der Waals surface area (Å²) in [5.41, 5.74) is 2.23. The summed E-state index contributed by atoms with van der Waals surface area (Å²) in [5.74, 6) is -0.893. The summed E-state index contributed by atoms with van der Waals surface area (Å²) >= 11 is 0. The third kappa shape index (κ3) is 5.23. The molecule has 0 atom stereocenters. The molecular formula is C25H19F3N2O3. The molecule has 2 N–H and O–H groups in total. The number of furan rings is 1. The summed E-state index contributed by atoms with van der Waals surface area (Å²) in [7, 11) is 0. The van der Waals surface area contributed by atoms with E-state index < -0.39 is 17.6 Å². The Morgan fingerprint density at radius 3 is 2.39 bits per heavy atom. The standard InChI is InChI=1S/C25H19F3N2O3/c1-15-8-9-21-17(14-33-22(21)10-15)12-23(31)29-19-6-2-4-16(11-19)24(32)30-20-7-3-5-18(13-20)25(26,27)28/h2-11,13-14H,12H2,1H3,(H,29,31)(H,30,32). The maximum Gasteiger partial charge on any atom is 0.416 e. The summed E-state index contributed by atoms with van der Waals surface area (Å²) in [5, 5.41) is 6.04. The van der Waals surface area contributed by atoms with Gasteiger partial charge in [0, 0.05) is 27.9 Å². The molecule has 2 amide bonds. The van der Waals surface area contributed by atoms with E-state index in [-0.39, 0.29) is 23.6 Å². The summed E-state index contributed by atoms with van der Waals surface area (Å²) in [6.45, 7) is 1.95. The first-order valence-corrected chi connectivity index (χ1v) is 10.0. The molecule has 0 unspecified atom stereocenters. The first-order valence-electron chi connectivity index (χ1n) is 10.0. The second-order valence-electron chi connectivity index (χ2n) is 7.60. The van der Waals surface area contributed by atoms with E-state index in [1.54, 1.807) is 18.4 Å². The highest BCUT2D eigenvalue weighted by molar-refractivity contribution is 6.05. The lowest BCUT2D eigenvalue weighted by atomic mass is 10.1. The molecule has 0 spiro atoms. The van der Waals surface area contributed by atoms with Crippen molar-refractivity contribution >= 4 is 34.2 Å². The second kappa shape index (κ2) is 8.82. The molecule has 0 aliphatic rings. The highest BCUT2D eigenvalue weighted by Crippen LogP contribution is 2.31. The van der Waals surface area contributed by atoms with Crippen molar-refractivity contribution in [1.29, 1.82) is 0 Å². The van der Waals surface area contributed by atoms with Crippen molar-refractivity contribution in [3.8, 4) is 0 Å². The molecule has 1 aromatic heterocycles. The van der Waals surface area contributed by atoms with Crippen molar-refractivity contribution in [2.24, 2.45) is 0 Å². The van der Waals surface area contributed by atoms with Crippen molar-refractivity contribution in [3.63, 3.8) is 0 Å². The molecule has 1 heterocycles. The predicted molar refractivity (Wildman–Crippen MR) is 119 cm³/mol. The average Bonchev–Trinajstić information content (AvgIpc) is 3.15. The summed E-state index contributed by atoms with van der Waals surface area (Å²) in [4.78, 5) is 25.1. The first-order chi connectivity index (χ1) is 15.7. The Bertz CT molecular complexity index is 1340. The van der Waals surface area contributed by atoms with Gasteiger partial charge in [0.2, 0.25) is 5.91 Å². The lowest BCUT2D eigenvalue weighted by Gasteiger charge is -2.11. The molecule has 5 nitrogen and oxygen atoms in total. The van der Waals surface area contributed by atoms with Crippen LogP contribution in [0.4, 0.5) is 24.5 Å². The lowest BCUT2D eigenvalue weighted by molar-refractivity contribution is -0.137. The van der Waals surface area contributed by atoms with Crippen LogP contribution in [0, 0.1) is 6.92 Å². The molecule has 0 bridgehead atoms. The van der Waals surface area contributed by atoms with Gasteiger partial charge in [-0.25, -0.2) is 0 Å². The maximum atomic E-state index is 12.9. The number of alkyl halides is 3. The summed E-state index contributed by atoms with van der Waals surface area (Å²) < 4.78 is 44.2. The van der Waals surface area contributed by atoms with Crippen LogP contribution in [0.1, 0.15) is 27.0 Å². The van der Waals surface area contributed by atoms with Gasteiger partial charge in [-0.05, 0) is 55.0 Å². The van der Waals surface area contributed by atoms with Gasteiger partial charge in [-0.2, -0.15) is 13.2 Å². The van der Waals surface area contributed by atoms with Gasteiger partial charge >= 0.3 is 6.18 Å². The molecule has 0 aliphatic heterocycles. The molecule has 3 aromatic carbocycles. The molecule has 0 saturated heterocycles. The number of hydrogen-bond acceptors (Lipinski definition) is 3. The number of hydrogen-bond donors (Lipinski definition) is 2. The average molecular weight is 452 g/mol. The first kappa shape index (κ1) is 22.1. The Morgan fingerprint density at radius 2 is 1.64 bits per heavy atom. The van der Waals surface area contributed by atoms with Gasteiger partial charge in [0.05, 0.1) is 18.2 Å². The van der Waals surface area contributed by atoms with Crippen molar-refractivity contribution in [2.45, 2.75) is 19.5 Å². The number of nitrogens with one attached hydrogen (secondary N) is 2. The van der Waals surface area contributed by atoms with Gasteiger partial charge in [-0.3, -0.25) is 9.59 Å². The van der Waals surface area contributed by atoms with E-state index in [4.69, 9.17) is 4.42 Å². The second-order valence-corrected chi connectivity index (χ2v) is 7.60. The van der Waals surface area contributed by atoms with Crippen molar-refractivity contribution in [2.75, 3.05) is 10.6 Å². The third-order valence-corrected chi connectivity index (χ3v) is 5.02. The molecule has 168 valence electrons. The van der Waals surface area contributed by atoms with Crippen LogP contribution in [0.25, 0.3) is 11.0 Å². The van der Waals surface area contributed by atoms with Gasteiger partial charge < -0.3 is 15.1 Å². The largest absolute Gasteiger partial charge is 0.464 e. The number of carbonyl (C=O) groups is 2. The maximum absolute atomic E-state index is 12.9. The fourth-order valence-electron chi connectivity index (χ4n) is 3.42. The minimum absolute atomic E-state index is 0.0198. The Kier molecular flexibility index (Phi) is 5.91. The van der Waals surface area contributed by atoms with Crippen LogP contribution < -0.4 is 10.6 Å². The van der Waals surface area contributed by atoms with Crippen LogP contribution in [-0.4, -0.2) is 11.8 Å². The molecule has 0 aliphatic carbocycles. The quantitative estimate of drug-likeness (QED) is 0.379. The van der Waals surface area contributed by atoms with E-state index in [1.807, 2.05) is 25.1 Å². The van der Waals surface area contributed by atoms with Crippen molar-refractivity contribution in [1.82, 2.24) is 0 Å². The van der Waals surface area contributed by atoms with Gasteiger partial charge in [-0.15, -0.1) is 0 Å². The minimum Gasteiger partial charge on any atom is -0.464 e. The van der Waals surface area contributed by atoms with Crippen LogP contribution in [0.2, 0.25) is 0 Å². The SMILES string of the molecule is Cc1ccc2c(CC(=O)Nc3cccc(C(=O)Nc4cccc(C(F)(F)F)c4)c3)coc2c1. The van der Waals surface area contributed by atoms with E-state index in [0.717, 1.165) is 28.6 Å². The number of benzene rings is 3. The van der Waals surface area contributed by atoms with Gasteiger partial charge in [0.1, 0.15) is 5.58 Å².